The minimum atomic E-state index is -0.603. The molecule has 1 N–H and O–H groups in total. The van der Waals surface area contributed by atoms with E-state index in [0.29, 0.717) is 12.2 Å². The summed E-state index contributed by atoms with van der Waals surface area (Å²) in [5.74, 6) is 0.608. The van der Waals surface area contributed by atoms with Gasteiger partial charge in [-0.3, -0.25) is 4.79 Å². The summed E-state index contributed by atoms with van der Waals surface area (Å²) in [6, 6.07) is 5.64. The van der Waals surface area contributed by atoms with Crippen LogP contribution in [0.4, 0.5) is 0 Å². The third-order valence-electron chi connectivity index (χ3n) is 3.26. The van der Waals surface area contributed by atoms with Gasteiger partial charge in [-0.2, -0.15) is 0 Å². The lowest BCUT2D eigenvalue weighted by Gasteiger charge is -2.17. The number of aliphatic hydroxyl groups is 1. The van der Waals surface area contributed by atoms with Crippen LogP contribution in [-0.4, -0.2) is 35.6 Å². The third-order valence-corrected chi connectivity index (χ3v) is 3.26. The number of likely N-dealkylation sites (N-methyl/N-ethyl adjacent to an activating group) is 1. The third kappa shape index (κ3) is 2.48. The number of likely N-dealkylation sites (tertiary alicyclic amines) is 1. The number of rotatable bonds is 3. The highest BCUT2D eigenvalue weighted by atomic mass is 16.5. The zero-order valence-electron chi connectivity index (χ0n) is 11.0. The van der Waals surface area contributed by atoms with Gasteiger partial charge in [-0.1, -0.05) is 11.6 Å². The second-order valence-corrected chi connectivity index (χ2v) is 4.87. The lowest BCUT2D eigenvalue weighted by atomic mass is 10.1. The van der Waals surface area contributed by atoms with Crippen LogP contribution in [0.5, 0.6) is 5.75 Å². The predicted molar refractivity (Wildman–Crippen MR) is 68.5 cm³/mol. The van der Waals surface area contributed by atoms with Crippen LogP contribution in [0.25, 0.3) is 0 Å². The van der Waals surface area contributed by atoms with Crippen molar-refractivity contribution in [2.45, 2.75) is 32.5 Å². The van der Waals surface area contributed by atoms with Gasteiger partial charge in [0.25, 0.3) is 5.91 Å². The highest BCUT2D eigenvalue weighted by Crippen LogP contribution is 2.28. The Morgan fingerprint density at radius 2 is 2.22 bits per heavy atom. The number of carbonyl (C=O) groups is 1. The van der Waals surface area contributed by atoms with Gasteiger partial charge in [-0.25, -0.2) is 0 Å². The molecule has 1 aromatic carbocycles. The van der Waals surface area contributed by atoms with Crippen molar-refractivity contribution in [2.75, 3.05) is 13.6 Å². The number of aryl methyl sites for hydroxylation is 1. The van der Waals surface area contributed by atoms with Crippen LogP contribution in [0.3, 0.4) is 0 Å². The molecule has 1 aromatic rings. The van der Waals surface area contributed by atoms with Crippen molar-refractivity contribution in [3.8, 4) is 5.75 Å². The summed E-state index contributed by atoms with van der Waals surface area (Å²) in [5.41, 5.74) is 1.80. The van der Waals surface area contributed by atoms with Gasteiger partial charge in [0, 0.05) is 25.6 Å². The van der Waals surface area contributed by atoms with E-state index in [1.54, 1.807) is 18.9 Å². The number of hydrogen-bond acceptors (Lipinski definition) is 3. The van der Waals surface area contributed by atoms with Crippen molar-refractivity contribution in [1.82, 2.24) is 4.90 Å². The maximum Gasteiger partial charge on any atom is 0.263 e. The summed E-state index contributed by atoms with van der Waals surface area (Å²) < 4.78 is 5.75. The van der Waals surface area contributed by atoms with E-state index in [9.17, 15) is 9.90 Å². The highest BCUT2D eigenvalue weighted by molar-refractivity contribution is 5.83. The van der Waals surface area contributed by atoms with Gasteiger partial charge in [-0.05, 0) is 26.0 Å². The molecule has 4 heteroatoms. The number of carbonyl (C=O) groups excluding carboxylic acids is 1. The van der Waals surface area contributed by atoms with Gasteiger partial charge in [0.1, 0.15) is 5.75 Å². The quantitative estimate of drug-likeness (QED) is 0.886. The summed E-state index contributed by atoms with van der Waals surface area (Å²) in [6.07, 6.45) is -0.327. The Morgan fingerprint density at radius 3 is 2.78 bits per heavy atom. The molecule has 0 spiro atoms. The topological polar surface area (TPSA) is 49.8 Å². The van der Waals surface area contributed by atoms with Crippen LogP contribution in [0.2, 0.25) is 0 Å². The largest absolute Gasteiger partial charge is 0.480 e. The van der Waals surface area contributed by atoms with Crippen molar-refractivity contribution >= 4 is 5.91 Å². The number of amides is 1. The van der Waals surface area contributed by atoms with Crippen LogP contribution in [-0.2, 0) is 4.79 Å². The van der Waals surface area contributed by atoms with Crippen LogP contribution in [0.15, 0.2) is 18.2 Å². The van der Waals surface area contributed by atoms with E-state index in [1.165, 1.54) is 0 Å². The zero-order chi connectivity index (χ0) is 13.3. The average Bonchev–Trinajstić information content (AvgIpc) is 2.63. The second-order valence-electron chi connectivity index (χ2n) is 4.87. The second kappa shape index (κ2) is 4.98. The van der Waals surface area contributed by atoms with E-state index in [4.69, 9.17) is 4.74 Å². The molecule has 18 heavy (non-hydrogen) atoms. The molecular weight excluding hydrogens is 230 g/mol. The Kier molecular flexibility index (Phi) is 3.57. The molecule has 98 valence electrons. The lowest BCUT2D eigenvalue weighted by molar-refractivity contribution is -0.132. The molecule has 2 rings (SSSR count). The monoisotopic (exact) mass is 249 g/mol. The summed E-state index contributed by atoms with van der Waals surface area (Å²) >= 11 is 0. The van der Waals surface area contributed by atoms with Crippen molar-refractivity contribution in [3.63, 3.8) is 0 Å². The molecule has 0 aliphatic carbocycles. The maximum atomic E-state index is 11.8. The Labute approximate surface area is 107 Å². The molecule has 0 radical (unpaired) electrons. The molecule has 0 aromatic heterocycles. The van der Waals surface area contributed by atoms with Gasteiger partial charge < -0.3 is 14.7 Å². The number of nitrogens with zero attached hydrogens (tertiary/aromatic N) is 1. The van der Waals surface area contributed by atoms with E-state index >= 15 is 0 Å². The fourth-order valence-electron chi connectivity index (χ4n) is 2.15. The van der Waals surface area contributed by atoms with Crippen molar-refractivity contribution < 1.29 is 14.6 Å². The Morgan fingerprint density at radius 1 is 1.50 bits per heavy atom. The van der Waals surface area contributed by atoms with Gasteiger partial charge in [0.05, 0.1) is 6.10 Å². The van der Waals surface area contributed by atoms with Crippen LogP contribution in [0.1, 0.15) is 30.6 Å². The summed E-state index contributed by atoms with van der Waals surface area (Å²) in [4.78, 5) is 13.5. The van der Waals surface area contributed by atoms with E-state index in [2.05, 4.69) is 0 Å². The first kappa shape index (κ1) is 12.9. The van der Waals surface area contributed by atoms with E-state index in [1.807, 2.05) is 25.1 Å². The van der Waals surface area contributed by atoms with Crippen molar-refractivity contribution in [2.24, 2.45) is 0 Å². The minimum Gasteiger partial charge on any atom is -0.480 e. The minimum absolute atomic E-state index is 0.00659. The lowest BCUT2D eigenvalue weighted by Crippen LogP contribution is -2.29. The van der Waals surface area contributed by atoms with Crippen LogP contribution in [0, 0.1) is 6.92 Å². The zero-order valence-corrected chi connectivity index (χ0v) is 11.0. The highest BCUT2D eigenvalue weighted by Gasteiger charge is 2.31. The first-order valence-corrected chi connectivity index (χ1v) is 6.19. The average molecular weight is 249 g/mol. The molecule has 1 aliphatic rings. The molecule has 2 atom stereocenters. The van der Waals surface area contributed by atoms with Crippen molar-refractivity contribution in [1.29, 1.82) is 0 Å². The number of aliphatic hydroxyl groups excluding tert-OH is 1. The first-order valence-electron chi connectivity index (χ1n) is 6.19. The predicted octanol–water partition coefficient (Wildman–Crippen LogP) is 1.66. The normalized spacial score (nSPS) is 21.2. The SMILES string of the molecule is Cc1ccc(OC2CCN(C)C2=O)c(C(C)O)c1. The van der Waals surface area contributed by atoms with Gasteiger partial charge in [-0.15, -0.1) is 0 Å². The van der Waals surface area contributed by atoms with E-state index < -0.39 is 12.2 Å². The maximum absolute atomic E-state index is 11.8. The first-order chi connectivity index (χ1) is 8.49. The van der Waals surface area contributed by atoms with Gasteiger partial charge >= 0.3 is 0 Å². The number of ether oxygens (including phenoxy) is 1. The summed E-state index contributed by atoms with van der Waals surface area (Å²) in [5, 5.41) is 9.75. The number of hydrogen-bond donors (Lipinski definition) is 1. The molecule has 1 amide bonds. The van der Waals surface area contributed by atoms with E-state index in [0.717, 1.165) is 17.7 Å². The Bertz CT molecular complexity index is 456. The fourth-order valence-corrected chi connectivity index (χ4v) is 2.15. The molecule has 0 bridgehead atoms. The fraction of sp³-hybridized carbons (Fsp3) is 0.500. The Balaban J connectivity index is 2.21. The smallest absolute Gasteiger partial charge is 0.263 e. The molecule has 1 saturated heterocycles. The van der Waals surface area contributed by atoms with Gasteiger partial charge in [0.15, 0.2) is 6.10 Å². The molecule has 4 nitrogen and oxygen atoms in total. The van der Waals surface area contributed by atoms with Crippen LogP contribution >= 0.6 is 0 Å². The van der Waals surface area contributed by atoms with Gasteiger partial charge in [0.2, 0.25) is 0 Å². The molecule has 1 aliphatic heterocycles. The molecule has 0 saturated carbocycles. The Hall–Kier alpha value is -1.55. The standard InChI is InChI=1S/C14H19NO3/c1-9-4-5-12(11(8-9)10(2)16)18-13-6-7-15(3)14(13)17/h4-5,8,10,13,16H,6-7H2,1-3H3. The van der Waals surface area contributed by atoms with Crippen LogP contribution < -0.4 is 4.74 Å². The molecule has 1 fully saturated rings. The van der Waals surface area contributed by atoms with Crippen molar-refractivity contribution in [3.05, 3.63) is 29.3 Å². The molecule has 2 unspecified atom stereocenters. The van der Waals surface area contributed by atoms with E-state index in [-0.39, 0.29) is 5.91 Å². The number of benzene rings is 1. The summed E-state index contributed by atoms with van der Waals surface area (Å²) in [7, 11) is 1.77. The molecule has 1 heterocycles. The molecular formula is C14H19NO3. The summed E-state index contributed by atoms with van der Waals surface area (Å²) in [6.45, 7) is 4.38.